The van der Waals surface area contributed by atoms with Crippen LogP contribution in [0.3, 0.4) is 0 Å². The van der Waals surface area contributed by atoms with Gasteiger partial charge in [0.25, 0.3) is 0 Å². The highest BCUT2D eigenvalue weighted by Crippen LogP contribution is 2.22. The van der Waals surface area contributed by atoms with Crippen molar-refractivity contribution in [3.8, 4) is 12.1 Å². The molecule has 7 rings (SSSR count). The Morgan fingerprint density at radius 3 is 1.63 bits per heavy atom. The lowest BCUT2D eigenvalue weighted by molar-refractivity contribution is 0.0599. The van der Waals surface area contributed by atoms with Crippen LogP contribution in [0.1, 0.15) is 67.2 Å². The van der Waals surface area contributed by atoms with Crippen molar-refractivity contribution in [3.05, 3.63) is 140 Å². The number of carbonyl (C=O) groups excluding carboxylic acids is 1. The molecule has 1 fully saturated rings. The molecule has 260 valence electrons. The average Bonchev–Trinajstić information content (AvgIpc) is 3.75. The number of aromatic carboxylic acids is 1. The van der Waals surface area contributed by atoms with Crippen molar-refractivity contribution in [2.45, 2.75) is 25.7 Å². The number of nitriles is 2. The number of carbonyl (C=O) groups is 2. The molecule has 5 heterocycles. The van der Waals surface area contributed by atoms with E-state index in [1.165, 1.54) is 38.4 Å². The quantitative estimate of drug-likeness (QED) is 0.166. The van der Waals surface area contributed by atoms with E-state index in [-0.39, 0.29) is 22.3 Å². The number of halogens is 2. The Morgan fingerprint density at radius 2 is 1.21 bits per heavy atom. The molecule has 0 atom stereocenters. The van der Waals surface area contributed by atoms with Crippen molar-refractivity contribution in [1.29, 1.82) is 10.5 Å². The molecule has 6 aromatic rings. The van der Waals surface area contributed by atoms with Gasteiger partial charge >= 0.3 is 11.9 Å². The van der Waals surface area contributed by atoms with Crippen LogP contribution in [-0.4, -0.2) is 57.3 Å². The first-order valence-electron chi connectivity index (χ1n) is 15.9. The number of pyridine rings is 4. The normalized spacial score (nSPS) is 11.7. The molecular formula is C39H30Cl2N6O5. The molecule has 0 radical (unpaired) electrons. The zero-order chi connectivity index (χ0) is 37.0. The number of rotatable bonds is 6. The zero-order valence-electron chi connectivity index (χ0n) is 27.8. The Bertz CT molecular complexity index is 2340. The van der Waals surface area contributed by atoms with Crippen LogP contribution >= 0.6 is 23.2 Å². The molecule has 13 heteroatoms. The van der Waals surface area contributed by atoms with E-state index in [1.807, 2.05) is 60.7 Å². The number of hydrogen-bond acceptors (Lipinski definition) is 10. The van der Waals surface area contributed by atoms with Crippen LogP contribution in [0.4, 0.5) is 0 Å². The largest absolute Gasteiger partial charge is 0.478 e. The molecule has 1 N–H and O–H groups in total. The minimum Gasteiger partial charge on any atom is -0.478 e. The first-order valence-corrected chi connectivity index (χ1v) is 16.7. The maximum absolute atomic E-state index is 11.8. The van der Waals surface area contributed by atoms with Crippen molar-refractivity contribution >= 4 is 56.9 Å². The van der Waals surface area contributed by atoms with Crippen LogP contribution in [0.2, 0.25) is 10.0 Å². The average molecular weight is 734 g/mol. The number of methoxy groups -OCH3 is 1. The third-order valence-corrected chi connectivity index (χ3v) is 8.23. The highest BCUT2D eigenvalue weighted by molar-refractivity contribution is 6.31. The Kier molecular flexibility index (Phi) is 12.8. The summed E-state index contributed by atoms with van der Waals surface area (Å²) in [5.41, 5.74) is 5.31. The van der Waals surface area contributed by atoms with Crippen molar-refractivity contribution < 1.29 is 24.2 Å². The number of fused-ring (bicyclic) bond motifs is 2. The van der Waals surface area contributed by atoms with Gasteiger partial charge in [0.05, 0.1) is 50.4 Å². The summed E-state index contributed by atoms with van der Waals surface area (Å²) in [6.07, 6.45) is 9.39. The number of hydrogen-bond donors (Lipinski definition) is 1. The predicted molar refractivity (Wildman–Crippen MR) is 195 cm³/mol. The molecule has 2 aromatic carbocycles. The van der Waals surface area contributed by atoms with E-state index in [9.17, 15) is 9.59 Å². The van der Waals surface area contributed by atoms with Gasteiger partial charge in [-0.1, -0.05) is 35.3 Å². The molecule has 1 aliphatic rings. The summed E-state index contributed by atoms with van der Waals surface area (Å²) in [6.45, 7) is 2.00. The molecule has 0 bridgehead atoms. The van der Waals surface area contributed by atoms with Gasteiger partial charge in [0, 0.05) is 73.0 Å². The van der Waals surface area contributed by atoms with Crippen LogP contribution in [0.25, 0.3) is 21.8 Å². The molecular weight excluding hydrogens is 703 g/mol. The lowest BCUT2D eigenvalue weighted by Gasteiger charge is -2.07. The van der Waals surface area contributed by atoms with Crippen molar-refractivity contribution in [3.63, 3.8) is 0 Å². The van der Waals surface area contributed by atoms with Crippen molar-refractivity contribution in [2.24, 2.45) is 0 Å². The molecule has 1 saturated heterocycles. The minimum atomic E-state index is -1.14. The van der Waals surface area contributed by atoms with Gasteiger partial charge in [-0.05, 0) is 72.5 Å². The Labute approximate surface area is 309 Å². The fourth-order valence-corrected chi connectivity index (χ4v) is 5.61. The Morgan fingerprint density at radius 1 is 0.731 bits per heavy atom. The summed E-state index contributed by atoms with van der Waals surface area (Å²) in [4.78, 5) is 39.9. The number of carboxylic acid groups (broad SMARTS) is 1. The van der Waals surface area contributed by atoms with E-state index in [2.05, 4.69) is 19.9 Å². The van der Waals surface area contributed by atoms with E-state index >= 15 is 0 Å². The zero-order valence-corrected chi connectivity index (χ0v) is 29.4. The summed E-state index contributed by atoms with van der Waals surface area (Å²) in [7, 11) is 1.28. The Balaban J connectivity index is 0.000000177. The van der Waals surface area contributed by atoms with Gasteiger partial charge < -0.3 is 14.6 Å². The molecule has 0 amide bonds. The van der Waals surface area contributed by atoms with Gasteiger partial charge in [0.15, 0.2) is 0 Å². The summed E-state index contributed by atoms with van der Waals surface area (Å²) in [6, 6.07) is 22.0. The van der Waals surface area contributed by atoms with Crippen LogP contribution in [-0.2, 0) is 22.3 Å². The lowest BCUT2D eigenvalue weighted by atomic mass is 10.0. The summed E-state index contributed by atoms with van der Waals surface area (Å²) >= 11 is 11.9. The summed E-state index contributed by atoms with van der Waals surface area (Å²) in [5, 5.41) is 30.1. The van der Waals surface area contributed by atoms with Gasteiger partial charge in [-0.2, -0.15) is 10.5 Å². The van der Waals surface area contributed by atoms with Crippen molar-refractivity contribution in [2.75, 3.05) is 20.3 Å². The molecule has 0 aliphatic carbocycles. The van der Waals surface area contributed by atoms with Gasteiger partial charge in [-0.15, -0.1) is 0 Å². The second kappa shape index (κ2) is 17.8. The second-order valence-corrected chi connectivity index (χ2v) is 12.4. The predicted octanol–water partition coefficient (Wildman–Crippen LogP) is 7.77. The molecule has 4 aromatic heterocycles. The maximum Gasteiger partial charge on any atom is 0.339 e. The number of carboxylic acids is 1. The van der Waals surface area contributed by atoms with Gasteiger partial charge in [-0.25, -0.2) is 9.59 Å². The highest BCUT2D eigenvalue weighted by atomic mass is 35.5. The number of ether oxygens (including phenoxy) is 2. The van der Waals surface area contributed by atoms with Gasteiger partial charge in [0.1, 0.15) is 12.1 Å². The number of nitrogens with zero attached hydrogens (tertiary/aromatic N) is 6. The fourth-order valence-electron chi connectivity index (χ4n) is 5.28. The Hall–Kier alpha value is -5.98. The van der Waals surface area contributed by atoms with E-state index < -0.39 is 11.9 Å². The molecule has 0 unspecified atom stereocenters. The topological polar surface area (TPSA) is 172 Å². The third kappa shape index (κ3) is 9.83. The van der Waals surface area contributed by atoms with Gasteiger partial charge in [0.2, 0.25) is 0 Å². The molecule has 0 spiro atoms. The second-order valence-electron chi connectivity index (χ2n) is 11.5. The lowest BCUT2D eigenvalue weighted by Crippen LogP contribution is -2.06. The van der Waals surface area contributed by atoms with E-state index in [0.29, 0.717) is 34.3 Å². The SMILES string of the molecule is C1CCOC1.COC(=O)c1cc(Cc2ccc3ncc(Cl)cc3c2)ncc1C#N.N#Cc1cnc(Cc2ccc3ncc(Cl)cc3c2)cc1C(=O)O. The van der Waals surface area contributed by atoms with E-state index in [0.717, 1.165) is 46.1 Å². The first-order chi connectivity index (χ1) is 25.2. The first kappa shape index (κ1) is 37.3. The summed E-state index contributed by atoms with van der Waals surface area (Å²) < 4.78 is 9.66. The van der Waals surface area contributed by atoms with Crippen molar-refractivity contribution in [1.82, 2.24) is 19.9 Å². The minimum absolute atomic E-state index is 0.0389. The smallest absolute Gasteiger partial charge is 0.339 e. The van der Waals surface area contributed by atoms with Crippen LogP contribution in [0.5, 0.6) is 0 Å². The molecule has 0 saturated carbocycles. The highest BCUT2D eigenvalue weighted by Gasteiger charge is 2.15. The van der Waals surface area contributed by atoms with Crippen LogP contribution < -0.4 is 0 Å². The number of benzene rings is 2. The van der Waals surface area contributed by atoms with E-state index in [1.54, 1.807) is 18.5 Å². The fraction of sp³-hybridized carbons (Fsp3) is 0.179. The molecule has 1 aliphatic heterocycles. The van der Waals surface area contributed by atoms with Gasteiger partial charge in [-0.3, -0.25) is 19.9 Å². The number of esters is 1. The standard InChI is InChI=1S/C18H12ClN3O2.C17H10ClN3O2.C4H8O/c1-24-18(23)16-7-15(21-9-13(16)8-20)5-11-2-3-17-12(4-11)6-14(19)10-22-17;18-13-5-11-3-10(1-2-16(11)21-9-13)4-14-6-15(17(22)23)12(7-19)8-20-14;1-2-4-5-3-1/h2-4,6-7,9-10H,5H2,1H3;1-3,5-6,8-9H,4H2,(H,22,23);1-4H2. The maximum atomic E-state index is 11.8. The monoisotopic (exact) mass is 732 g/mol. The summed E-state index contributed by atoms with van der Waals surface area (Å²) in [5.74, 6) is -1.69. The molecule has 11 nitrogen and oxygen atoms in total. The van der Waals surface area contributed by atoms with Crippen LogP contribution in [0, 0.1) is 22.7 Å². The van der Waals surface area contributed by atoms with Crippen LogP contribution in [0.15, 0.2) is 85.5 Å². The van der Waals surface area contributed by atoms with E-state index in [4.69, 9.17) is 48.3 Å². The molecule has 52 heavy (non-hydrogen) atoms. The third-order valence-electron chi connectivity index (χ3n) is 7.82. The number of aromatic nitrogens is 4.